The number of methoxy groups -OCH3 is 1. The number of carbonyl (C=O) groups is 1. The van der Waals surface area contributed by atoms with Crippen molar-refractivity contribution in [1.29, 1.82) is 0 Å². The van der Waals surface area contributed by atoms with Crippen LogP contribution >= 0.6 is 0 Å². The van der Waals surface area contributed by atoms with Crippen molar-refractivity contribution in [1.82, 2.24) is 0 Å². The summed E-state index contributed by atoms with van der Waals surface area (Å²) in [6.07, 6.45) is 0.738. The van der Waals surface area contributed by atoms with E-state index in [0.717, 1.165) is 6.42 Å². The van der Waals surface area contributed by atoms with Gasteiger partial charge in [0.1, 0.15) is 18.1 Å². The quantitative estimate of drug-likeness (QED) is 0.527. The summed E-state index contributed by atoms with van der Waals surface area (Å²) in [5.41, 5.74) is 11.1. The van der Waals surface area contributed by atoms with E-state index >= 15 is 0 Å². The lowest BCUT2D eigenvalue weighted by atomic mass is 10.2. The first kappa shape index (κ1) is 15.3. The SMILES string of the molecule is COC(=O)c1cc(OCCN)cc(OCCCN)c1. The molecular weight excluding hydrogens is 248 g/mol. The Morgan fingerprint density at radius 1 is 1.05 bits per heavy atom. The highest BCUT2D eigenvalue weighted by molar-refractivity contribution is 5.90. The average molecular weight is 268 g/mol. The average Bonchev–Trinajstić information content (AvgIpc) is 2.44. The molecule has 1 rings (SSSR count). The van der Waals surface area contributed by atoms with E-state index in [2.05, 4.69) is 4.74 Å². The molecule has 0 atom stereocenters. The molecule has 0 aromatic heterocycles. The van der Waals surface area contributed by atoms with Gasteiger partial charge < -0.3 is 25.7 Å². The molecule has 0 fully saturated rings. The molecule has 0 amide bonds. The Bertz CT molecular complexity index is 410. The predicted octanol–water partition coefficient (Wildman–Crippen LogP) is 0.538. The van der Waals surface area contributed by atoms with Gasteiger partial charge in [-0.25, -0.2) is 4.79 Å². The number of benzene rings is 1. The van der Waals surface area contributed by atoms with Gasteiger partial charge >= 0.3 is 5.97 Å². The summed E-state index contributed by atoms with van der Waals surface area (Å²) in [6, 6.07) is 4.91. The summed E-state index contributed by atoms with van der Waals surface area (Å²) in [7, 11) is 1.32. The van der Waals surface area contributed by atoms with E-state index in [1.165, 1.54) is 7.11 Å². The molecule has 0 bridgehead atoms. The molecule has 0 heterocycles. The highest BCUT2D eigenvalue weighted by atomic mass is 16.5. The van der Waals surface area contributed by atoms with Gasteiger partial charge in [-0.05, 0) is 25.1 Å². The molecule has 0 unspecified atom stereocenters. The molecule has 0 radical (unpaired) electrons. The molecule has 1 aromatic carbocycles. The zero-order valence-electron chi connectivity index (χ0n) is 11.1. The fourth-order valence-corrected chi connectivity index (χ4v) is 1.42. The van der Waals surface area contributed by atoms with Crippen molar-refractivity contribution in [3.05, 3.63) is 23.8 Å². The Morgan fingerprint density at radius 3 is 2.21 bits per heavy atom. The van der Waals surface area contributed by atoms with E-state index in [1.807, 2.05) is 0 Å². The number of nitrogens with two attached hydrogens (primary N) is 2. The molecule has 6 heteroatoms. The molecule has 0 aliphatic heterocycles. The van der Waals surface area contributed by atoms with Crippen molar-refractivity contribution in [2.45, 2.75) is 6.42 Å². The molecule has 19 heavy (non-hydrogen) atoms. The van der Waals surface area contributed by atoms with Gasteiger partial charge in [0.25, 0.3) is 0 Å². The fraction of sp³-hybridized carbons (Fsp3) is 0.462. The van der Waals surface area contributed by atoms with Crippen LogP contribution in [0.1, 0.15) is 16.8 Å². The molecule has 0 aliphatic rings. The summed E-state index contributed by atoms with van der Waals surface area (Å²) in [6.45, 7) is 1.79. The molecule has 0 saturated heterocycles. The predicted molar refractivity (Wildman–Crippen MR) is 71.5 cm³/mol. The molecule has 106 valence electrons. The van der Waals surface area contributed by atoms with Crippen molar-refractivity contribution >= 4 is 5.97 Å². The summed E-state index contributed by atoms with van der Waals surface area (Å²) >= 11 is 0. The topological polar surface area (TPSA) is 96.8 Å². The lowest BCUT2D eigenvalue weighted by Crippen LogP contribution is -2.11. The first-order valence-electron chi connectivity index (χ1n) is 6.10. The Kier molecular flexibility index (Phi) is 6.70. The summed E-state index contributed by atoms with van der Waals surface area (Å²) in [4.78, 5) is 11.5. The molecule has 0 saturated carbocycles. The van der Waals surface area contributed by atoms with Crippen LogP contribution in [0.25, 0.3) is 0 Å². The van der Waals surface area contributed by atoms with Crippen LogP contribution in [0.5, 0.6) is 11.5 Å². The maximum atomic E-state index is 11.5. The second kappa shape index (κ2) is 8.34. The van der Waals surface area contributed by atoms with Crippen LogP contribution in [0.15, 0.2) is 18.2 Å². The van der Waals surface area contributed by atoms with Gasteiger partial charge in [-0.1, -0.05) is 0 Å². The number of carbonyl (C=O) groups excluding carboxylic acids is 1. The molecule has 4 N–H and O–H groups in total. The maximum absolute atomic E-state index is 11.5. The minimum atomic E-state index is -0.443. The van der Waals surface area contributed by atoms with Crippen molar-refractivity contribution in [2.75, 3.05) is 33.4 Å². The third-order valence-electron chi connectivity index (χ3n) is 2.30. The fourth-order valence-electron chi connectivity index (χ4n) is 1.42. The highest BCUT2D eigenvalue weighted by Gasteiger charge is 2.10. The Balaban J connectivity index is 2.85. The lowest BCUT2D eigenvalue weighted by molar-refractivity contribution is 0.0599. The highest BCUT2D eigenvalue weighted by Crippen LogP contribution is 2.23. The van der Waals surface area contributed by atoms with Crippen LogP contribution in [0, 0.1) is 0 Å². The minimum absolute atomic E-state index is 0.368. The van der Waals surface area contributed by atoms with E-state index in [-0.39, 0.29) is 0 Å². The number of hydrogen-bond donors (Lipinski definition) is 2. The second-order valence-corrected chi connectivity index (χ2v) is 3.81. The zero-order chi connectivity index (χ0) is 14.1. The van der Waals surface area contributed by atoms with Crippen LogP contribution in [-0.4, -0.2) is 39.4 Å². The molecule has 1 aromatic rings. The van der Waals surface area contributed by atoms with Gasteiger partial charge in [-0.15, -0.1) is 0 Å². The summed E-state index contributed by atoms with van der Waals surface area (Å²) < 4.78 is 15.6. The van der Waals surface area contributed by atoms with Crippen LogP contribution in [-0.2, 0) is 4.74 Å². The van der Waals surface area contributed by atoms with E-state index < -0.39 is 5.97 Å². The number of ether oxygens (including phenoxy) is 3. The molecule has 6 nitrogen and oxygen atoms in total. The van der Waals surface area contributed by atoms with E-state index in [0.29, 0.717) is 43.4 Å². The first-order valence-corrected chi connectivity index (χ1v) is 6.10. The Hall–Kier alpha value is -1.79. The van der Waals surface area contributed by atoms with Crippen LogP contribution < -0.4 is 20.9 Å². The summed E-state index contributed by atoms with van der Waals surface area (Å²) in [5, 5.41) is 0. The minimum Gasteiger partial charge on any atom is -0.493 e. The smallest absolute Gasteiger partial charge is 0.338 e. The third kappa shape index (κ3) is 5.15. The van der Waals surface area contributed by atoms with Crippen LogP contribution in [0.3, 0.4) is 0 Å². The normalized spacial score (nSPS) is 10.1. The number of rotatable bonds is 8. The van der Waals surface area contributed by atoms with Crippen molar-refractivity contribution < 1.29 is 19.0 Å². The van der Waals surface area contributed by atoms with Crippen molar-refractivity contribution in [2.24, 2.45) is 11.5 Å². The molecule has 0 aliphatic carbocycles. The maximum Gasteiger partial charge on any atom is 0.338 e. The van der Waals surface area contributed by atoms with E-state index in [4.69, 9.17) is 20.9 Å². The number of hydrogen-bond acceptors (Lipinski definition) is 6. The van der Waals surface area contributed by atoms with Crippen molar-refractivity contribution in [3.63, 3.8) is 0 Å². The lowest BCUT2D eigenvalue weighted by Gasteiger charge is -2.11. The van der Waals surface area contributed by atoms with Crippen molar-refractivity contribution in [3.8, 4) is 11.5 Å². The van der Waals surface area contributed by atoms with Gasteiger partial charge in [0.05, 0.1) is 19.3 Å². The van der Waals surface area contributed by atoms with E-state index in [1.54, 1.807) is 18.2 Å². The Morgan fingerprint density at radius 2 is 1.68 bits per heavy atom. The van der Waals surface area contributed by atoms with Crippen LogP contribution in [0.4, 0.5) is 0 Å². The zero-order valence-corrected chi connectivity index (χ0v) is 11.1. The largest absolute Gasteiger partial charge is 0.493 e. The summed E-state index contributed by atoms with van der Waals surface area (Å²) in [5.74, 6) is 0.626. The molecular formula is C13H20N2O4. The first-order chi connectivity index (χ1) is 9.21. The second-order valence-electron chi connectivity index (χ2n) is 3.81. The van der Waals surface area contributed by atoms with Gasteiger partial charge in [0.2, 0.25) is 0 Å². The van der Waals surface area contributed by atoms with Crippen LogP contribution in [0.2, 0.25) is 0 Å². The molecule has 0 spiro atoms. The van der Waals surface area contributed by atoms with Gasteiger partial charge in [-0.3, -0.25) is 0 Å². The van der Waals surface area contributed by atoms with Gasteiger partial charge in [0, 0.05) is 12.6 Å². The Labute approximate surface area is 112 Å². The van der Waals surface area contributed by atoms with E-state index in [9.17, 15) is 4.79 Å². The number of esters is 1. The van der Waals surface area contributed by atoms with Gasteiger partial charge in [-0.2, -0.15) is 0 Å². The standard InChI is InChI=1S/C13H20N2O4/c1-17-13(16)10-7-11(18-5-2-3-14)9-12(8-10)19-6-4-15/h7-9H,2-6,14-15H2,1H3. The third-order valence-corrected chi connectivity index (χ3v) is 2.30. The monoisotopic (exact) mass is 268 g/mol. The van der Waals surface area contributed by atoms with Gasteiger partial charge in [0.15, 0.2) is 0 Å².